The van der Waals surface area contributed by atoms with Crippen LogP contribution in [0, 0.1) is 0 Å². The van der Waals surface area contributed by atoms with Crippen LogP contribution in [-0.4, -0.2) is 5.60 Å². The molecule has 0 saturated carbocycles. The van der Waals surface area contributed by atoms with Crippen LogP contribution in [-0.2, 0) is 0 Å². The summed E-state index contributed by atoms with van der Waals surface area (Å²) in [4.78, 5) is 0. The third-order valence-electron chi connectivity index (χ3n) is 2.70. The highest BCUT2D eigenvalue weighted by molar-refractivity contribution is 5.84. The van der Waals surface area contributed by atoms with Gasteiger partial charge in [-0.2, -0.15) is 0 Å². The number of para-hydroxylation sites is 1. The SMILES string of the molecule is CC1(C)Oc2ccccc2C(=CF)C1=CF. The van der Waals surface area contributed by atoms with Gasteiger partial charge in [-0.3, -0.25) is 0 Å². The molecule has 0 spiro atoms. The molecule has 0 atom stereocenters. The van der Waals surface area contributed by atoms with Crippen molar-refractivity contribution < 1.29 is 13.5 Å². The van der Waals surface area contributed by atoms with Crippen molar-refractivity contribution >= 4 is 5.57 Å². The Hall–Kier alpha value is -1.64. The van der Waals surface area contributed by atoms with Crippen molar-refractivity contribution in [3.05, 3.63) is 48.1 Å². The Kier molecular flexibility index (Phi) is 2.54. The van der Waals surface area contributed by atoms with Gasteiger partial charge in [0.25, 0.3) is 0 Å². The van der Waals surface area contributed by atoms with E-state index in [0.717, 1.165) is 0 Å². The molecule has 16 heavy (non-hydrogen) atoms. The summed E-state index contributed by atoms with van der Waals surface area (Å²) in [5.74, 6) is 0.571. The number of rotatable bonds is 0. The van der Waals surface area contributed by atoms with Gasteiger partial charge in [0.1, 0.15) is 11.4 Å². The zero-order chi connectivity index (χ0) is 11.8. The summed E-state index contributed by atoms with van der Waals surface area (Å²) in [6.45, 7) is 3.41. The van der Waals surface area contributed by atoms with Crippen LogP contribution in [0.4, 0.5) is 8.78 Å². The molecule has 2 rings (SSSR count). The quantitative estimate of drug-likeness (QED) is 0.644. The highest BCUT2D eigenvalue weighted by atomic mass is 19.1. The number of benzene rings is 1. The van der Waals surface area contributed by atoms with E-state index in [9.17, 15) is 8.78 Å². The van der Waals surface area contributed by atoms with Crippen molar-refractivity contribution in [2.45, 2.75) is 19.4 Å². The predicted molar refractivity (Wildman–Crippen MR) is 59.4 cm³/mol. The molecule has 3 heteroatoms. The molecule has 0 fully saturated rings. The van der Waals surface area contributed by atoms with E-state index in [2.05, 4.69) is 0 Å². The summed E-state index contributed by atoms with van der Waals surface area (Å²) in [5.41, 5.74) is 0.178. The Labute approximate surface area is 93.0 Å². The molecule has 1 nitrogen and oxygen atoms in total. The van der Waals surface area contributed by atoms with E-state index in [1.165, 1.54) is 0 Å². The van der Waals surface area contributed by atoms with Gasteiger partial charge in [0, 0.05) is 16.7 Å². The predicted octanol–water partition coefficient (Wildman–Crippen LogP) is 4.02. The fourth-order valence-electron chi connectivity index (χ4n) is 1.89. The van der Waals surface area contributed by atoms with Gasteiger partial charge in [0.05, 0.1) is 12.7 Å². The first-order valence-electron chi connectivity index (χ1n) is 5.00. The molecule has 1 aromatic rings. The molecule has 0 aliphatic carbocycles. The molecular weight excluding hydrogens is 210 g/mol. The molecule has 0 bridgehead atoms. The van der Waals surface area contributed by atoms with Gasteiger partial charge < -0.3 is 4.74 Å². The molecule has 0 radical (unpaired) electrons. The first-order chi connectivity index (χ1) is 7.60. The molecular formula is C13H12F2O. The maximum absolute atomic E-state index is 12.9. The number of ether oxygens (including phenoxy) is 1. The Bertz CT molecular complexity index is 473. The Morgan fingerprint density at radius 1 is 1.12 bits per heavy atom. The molecule has 84 valence electrons. The summed E-state index contributed by atoms with van der Waals surface area (Å²) in [6, 6.07) is 7.02. The highest BCUT2D eigenvalue weighted by Gasteiger charge is 2.35. The normalized spacial score (nSPS) is 23.0. The summed E-state index contributed by atoms with van der Waals surface area (Å²) in [5, 5.41) is 0. The fourth-order valence-corrected chi connectivity index (χ4v) is 1.89. The second-order valence-electron chi connectivity index (χ2n) is 4.15. The maximum atomic E-state index is 12.9. The van der Waals surface area contributed by atoms with E-state index in [-0.39, 0.29) is 11.1 Å². The first-order valence-corrected chi connectivity index (χ1v) is 5.00. The molecule has 1 aliphatic rings. The van der Waals surface area contributed by atoms with Crippen LogP contribution in [0.25, 0.3) is 5.57 Å². The van der Waals surface area contributed by atoms with Gasteiger partial charge in [-0.1, -0.05) is 18.2 Å². The van der Waals surface area contributed by atoms with Crippen LogP contribution in [0.15, 0.2) is 42.5 Å². The third kappa shape index (κ3) is 1.52. The number of fused-ring (bicyclic) bond motifs is 1. The molecule has 0 amide bonds. The largest absolute Gasteiger partial charge is 0.482 e. The van der Waals surface area contributed by atoms with Crippen LogP contribution in [0.5, 0.6) is 5.75 Å². The van der Waals surface area contributed by atoms with E-state index >= 15 is 0 Å². The van der Waals surface area contributed by atoms with Crippen LogP contribution in [0.2, 0.25) is 0 Å². The van der Waals surface area contributed by atoms with Crippen molar-refractivity contribution in [2.24, 2.45) is 0 Å². The minimum atomic E-state index is -0.860. The zero-order valence-electron chi connectivity index (χ0n) is 9.13. The summed E-state index contributed by atoms with van der Waals surface area (Å²) in [7, 11) is 0. The van der Waals surface area contributed by atoms with Crippen molar-refractivity contribution in [1.29, 1.82) is 0 Å². The number of halogens is 2. The molecule has 1 aliphatic heterocycles. The molecule has 0 aromatic heterocycles. The fraction of sp³-hybridized carbons (Fsp3) is 0.231. The summed E-state index contributed by atoms with van der Waals surface area (Å²) in [6.07, 6.45) is 0.829. The third-order valence-corrected chi connectivity index (χ3v) is 2.70. The Morgan fingerprint density at radius 3 is 2.44 bits per heavy atom. The molecule has 1 heterocycles. The second kappa shape index (κ2) is 3.74. The lowest BCUT2D eigenvalue weighted by Crippen LogP contribution is -2.34. The zero-order valence-corrected chi connectivity index (χ0v) is 9.13. The maximum Gasteiger partial charge on any atom is 0.131 e. The smallest absolute Gasteiger partial charge is 0.131 e. The number of hydrogen-bond acceptors (Lipinski definition) is 1. The van der Waals surface area contributed by atoms with Crippen molar-refractivity contribution in [3.8, 4) is 5.75 Å². The van der Waals surface area contributed by atoms with Crippen molar-refractivity contribution in [1.82, 2.24) is 0 Å². The average Bonchev–Trinajstić information content (AvgIpc) is 2.25. The first kappa shape index (κ1) is 10.9. The van der Waals surface area contributed by atoms with E-state index in [1.54, 1.807) is 38.1 Å². The average molecular weight is 222 g/mol. The van der Waals surface area contributed by atoms with Gasteiger partial charge in [-0.25, -0.2) is 8.78 Å². The van der Waals surface area contributed by atoms with Crippen LogP contribution >= 0.6 is 0 Å². The molecule has 0 unspecified atom stereocenters. The van der Waals surface area contributed by atoms with E-state index in [4.69, 9.17) is 4.74 Å². The summed E-state index contributed by atoms with van der Waals surface area (Å²) < 4.78 is 31.4. The lowest BCUT2D eigenvalue weighted by molar-refractivity contribution is 0.146. The van der Waals surface area contributed by atoms with Crippen molar-refractivity contribution in [2.75, 3.05) is 0 Å². The van der Waals surface area contributed by atoms with Gasteiger partial charge >= 0.3 is 0 Å². The van der Waals surface area contributed by atoms with Gasteiger partial charge in [0.2, 0.25) is 0 Å². The topological polar surface area (TPSA) is 9.23 Å². The van der Waals surface area contributed by atoms with Crippen LogP contribution in [0.3, 0.4) is 0 Å². The standard InChI is InChI=1S/C13H12F2O/c1-13(2)11(8-15)10(7-14)9-5-3-4-6-12(9)16-13/h3-8H,1-2H3. The van der Waals surface area contributed by atoms with Gasteiger partial charge in [-0.05, 0) is 19.9 Å². The van der Waals surface area contributed by atoms with Crippen LogP contribution in [0.1, 0.15) is 19.4 Å². The highest BCUT2D eigenvalue weighted by Crippen LogP contribution is 2.43. The van der Waals surface area contributed by atoms with Gasteiger partial charge in [-0.15, -0.1) is 0 Å². The Morgan fingerprint density at radius 2 is 1.81 bits per heavy atom. The minimum absolute atomic E-state index is 0.216. The number of hydrogen-bond donors (Lipinski definition) is 0. The van der Waals surface area contributed by atoms with Crippen LogP contribution < -0.4 is 4.74 Å². The molecule has 0 saturated heterocycles. The summed E-state index contributed by atoms with van der Waals surface area (Å²) >= 11 is 0. The lowest BCUT2D eigenvalue weighted by Gasteiger charge is -2.35. The van der Waals surface area contributed by atoms with E-state index in [0.29, 0.717) is 24.0 Å². The van der Waals surface area contributed by atoms with Crippen molar-refractivity contribution in [3.63, 3.8) is 0 Å². The van der Waals surface area contributed by atoms with E-state index in [1.807, 2.05) is 0 Å². The Balaban J connectivity index is 2.67. The second-order valence-corrected chi connectivity index (χ2v) is 4.15. The monoisotopic (exact) mass is 222 g/mol. The molecule has 0 N–H and O–H groups in total. The molecule has 1 aromatic carbocycles. The minimum Gasteiger partial charge on any atom is -0.482 e. The van der Waals surface area contributed by atoms with Gasteiger partial charge in [0.15, 0.2) is 0 Å². The van der Waals surface area contributed by atoms with E-state index < -0.39 is 5.60 Å². The lowest BCUT2D eigenvalue weighted by atomic mass is 9.85.